The van der Waals surface area contributed by atoms with Gasteiger partial charge in [0.25, 0.3) is 0 Å². The van der Waals surface area contributed by atoms with Gasteiger partial charge >= 0.3 is 5.97 Å². The summed E-state index contributed by atoms with van der Waals surface area (Å²) in [5.41, 5.74) is 0.908. The van der Waals surface area contributed by atoms with Crippen LogP contribution in [0, 0.1) is 0 Å². The van der Waals surface area contributed by atoms with Gasteiger partial charge in [0.1, 0.15) is 0 Å². The number of methoxy groups -OCH3 is 1. The van der Waals surface area contributed by atoms with Crippen LogP contribution >= 0.6 is 0 Å². The van der Waals surface area contributed by atoms with Gasteiger partial charge in [0, 0.05) is 13.1 Å². The van der Waals surface area contributed by atoms with E-state index in [-0.39, 0.29) is 37.8 Å². The number of ether oxygens (including phenoxy) is 1. The largest absolute Gasteiger partial charge is 0.469 e. The third kappa shape index (κ3) is 5.84. The summed E-state index contributed by atoms with van der Waals surface area (Å²) in [7, 11) is 1.31. The Morgan fingerprint density at radius 1 is 1.30 bits per heavy atom. The van der Waals surface area contributed by atoms with E-state index in [1.54, 1.807) is 6.92 Å². The molecule has 5 nitrogen and oxygen atoms in total. The van der Waals surface area contributed by atoms with Gasteiger partial charge in [0.15, 0.2) is 0 Å². The monoisotopic (exact) mass is 279 g/mol. The van der Waals surface area contributed by atoms with Crippen LogP contribution in [0.25, 0.3) is 0 Å². The highest BCUT2D eigenvalue weighted by molar-refractivity contribution is 5.79. The second kappa shape index (κ2) is 8.32. The third-order valence-electron chi connectivity index (χ3n) is 2.85. The minimum Gasteiger partial charge on any atom is -0.469 e. The second-order valence-electron chi connectivity index (χ2n) is 4.68. The van der Waals surface area contributed by atoms with Gasteiger partial charge in [-0.05, 0) is 12.5 Å². The number of hydrogen-bond donors (Lipinski definition) is 1. The van der Waals surface area contributed by atoms with Crippen molar-refractivity contribution in [3.05, 3.63) is 35.9 Å². The lowest BCUT2D eigenvalue weighted by Gasteiger charge is -2.23. The number of carbonyl (C=O) groups is 2. The molecular weight excluding hydrogens is 258 g/mol. The molecule has 0 bridgehead atoms. The highest BCUT2D eigenvalue weighted by atomic mass is 16.5. The lowest BCUT2D eigenvalue weighted by Crippen LogP contribution is -2.39. The summed E-state index contributed by atoms with van der Waals surface area (Å²) in [4.78, 5) is 24.9. The molecule has 20 heavy (non-hydrogen) atoms. The maximum atomic E-state index is 12.2. The molecule has 0 aliphatic rings. The van der Waals surface area contributed by atoms with Gasteiger partial charge in [-0.25, -0.2) is 0 Å². The molecule has 0 spiro atoms. The molecule has 0 aliphatic heterocycles. The van der Waals surface area contributed by atoms with Gasteiger partial charge in [0.05, 0.1) is 26.1 Å². The van der Waals surface area contributed by atoms with Crippen LogP contribution in [0.1, 0.15) is 18.9 Å². The molecule has 1 unspecified atom stereocenters. The summed E-state index contributed by atoms with van der Waals surface area (Å²) in [5.74, 6) is -0.478. The van der Waals surface area contributed by atoms with Gasteiger partial charge < -0.3 is 14.7 Å². The van der Waals surface area contributed by atoms with Crippen LogP contribution in [0.15, 0.2) is 30.3 Å². The van der Waals surface area contributed by atoms with Crippen molar-refractivity contribution in [3.8, 4) is 0 Å². The summed E-state index contributed by atoms with van der Waals surface area (Å²) >= 11 is 0. The lowest BCUT2D eigenvalue weighted by molar-refractivity contribution is -0.142. The Hall–Kier alpha value is -1.88. The lowest BCUT2D eigenvalue weighted by atomic mass is 10.1. The number of nitrogens with zero attached hydrogens (tertiary/aromatic N) is 1. The molecule has 1 rings (SSSR count). The highest BCUT2D eigenvalue weighted by Crippen LogP contribution is 2.05. The maximum Gasteiger partial charge on any atom is 0.307 e. The fourth-order valence-electron chi connectivity index (χ4n) is 1.85. The zero-order valence-corrected chi connectivity index (χ0v) is 11.9. The molecule has 1 amide bonds. The van der Waals surface area contributed by atoms with Gasteiger partial charge in [-0.3, -0.25) is 9.59 Å². The standard InChI is InChI=1S/C15H21NO4/c1-12(17)11-16(9-8-15(19)20-2)14(18)10-13-6-4-3-5-7-13/h3-7,12,17H,8-11H2,1-2H3. The summed E-state index contributed by atoms with van der Waals surface area (Å²) in [6, 6.07) is 9.38. The van der Waals surface area contributed by atoms with Crippen LogP contribution < -0.4 is 0 Å². The fraction of sp³-hybridized carbons (Fsp3) is 0.467. The quantitative estimate of drug-likeness (QED) is 0.756. The van der Waals surface area contributed by atoms with Gasteiger partial charge in [-0.1, -0.05) is 30.3 Å². The Labute approximate surface area is 119 Å². The Morgan fingerprint density at radius 2 is 1.95 bits per heavy atom. The van der Waals surface area contributed by atoms with Crippen molar-refractivity contribution in [2.24, 2.45) is 0 Å². The number of esters is 1. The zero-order valence-electron chi connectivity index (χ0n) is 11.9. The summed E-state index contributed by atoms with van der Waals surface area (Å²) < 4.78 is 4.56. The van der Waals surface area contributed by atoms with Crippen LogP contribution in [0.5, 0.6) is 0 Å². The molecule has 5 heteroatoms. The van der Waals surface area contributed by atoms with E-state index in [1.165, 1.54) is 12.0 Å². The van der Waals surface area contributed by atoms with Crippen molar-refractivity contribution in [1.29, 1.82) is 0 Å². The Morgan fingerprint density at radius 3 is 2.50 bits per heavy atom. The summed E-state index contributed by atoms with van der Waals surface area (Å²) in [5, 5.41) is 9.45. The number of amides is 1. The van der Waals surface area contributed by atoms with Crippen molar-refractivity contribution in [2.75, 3.05) is 20.2 Å². The number of benzene rings is 1. The fourth-order valence-corrected chi connectivity index (χ4v) is 1.85. The van der Waals surface area contributed by atoms with E-state index >= 15 is 0 Å². The SMILES string of the molecule is COC(=O)CCN(CC(C)O)C(=O)Cc1ccccc1. The first-order chi connectivity index (χ1) is 9.52. The van der Waals surface area contributed by atoms with Crippen molar-refractivity contribution in [1.82, 2.24) is 4.90 Å². The summed E-state index contributed by atoms with van der Waals surface area (Å²) in [6.45, 7) is 2.08. The average molecular weight is 279 g/mol. The van der Waals surface area contributed by atoms with Crippen molar-refractivity contribution >= 4 is 11.9 Å². The maximum absolute atomic E-state index is 12.2. The number of rotatable bonds is 7. The first-order valence-corrected chi connectivity index (χ1v) is 6.59. The Kier molecular flexibility index (Phi) is 6.73. The van der Waals surface area contributed by atoms with E-state index in [0.717, 1.165) is 5.56 Å². The zero-order chi connectivity index (χ0) is 15.0. The Bertz CT molecular complexity index is 431. The van der Waals surface area contributed by atoms with E-state index in [0.29, 0.717) is 0 Å². The molecule has 0 heterocycles. The minimum absolute atomic E-state index is 0.110. The van der Waals surface area contributed by atoms with E-state index in [1.807, 2.05) is 30.3 Å². The molecular formula is C15H21NO4. The second-order valence-corrected chi connectivity index (χ2v) is 4.68. The number of aliphatic hydroxyl groups is 1. The number of hydrogen-bond acceptors (Lipinski definition) is 4. The molecule has 0 saturated carbocycles. The molecule has 1 atom stereocenters. The first-order valence-electron chi connectivity index (χ1n) is 6.59. The van der Waals surface area contributed by atoms with Gasteiger partial charge in [0.2, 0.25) is 5.91 Å². The molecule has 0 saturated heterocycles. The molecule has 1 aromatic carbocycles. The number of carbonyl (C=O) groups excluding carboxylic acids is 2. The summed E-state index contributed by atoms with van der Waals surface area (Å²) in [6.07, 6.45) is -0.245. The molecule has 0 aromatic heterocycles. The number of aliphatic hydroxyl groups excluding tert-OH is 1. The van der Waals surface area contributed by atoms with Crippen molar-refractivity contribution < 1.29 is 19.4 Å². The van der Waals surface area contributed by atoms with Crippen LogP contribution in [0.4, 0.5) is 0 Å². The van der Waals surface area contributed by atoms with E-state index in [2.05, 4.69) is 4.74 Å². The molecule has 1 aromatic rings. The van der Waals surface area contributed by atoms with Crippen molar-refractivity contribution in [2.45, 2.75) is 25.9 Å². The van der Waals surface area contributed by atoms with Crippen LogP contribution in [-0.4, -0.2) is 48.2 Å². The molecule has 0 aliphatic carbocycles. The van der Waals surface area contributed by atoms with Crippen LogP contribution in [0.3, 0.4) is 0 Å². The van der Waals surface area contributed by atoms with E-state index in [4.69, 9.17) is 0 Å². The average Bonchev–Trinajstić information content (AvgIpc) is 2.43. The Balaban J connectivity index is 2.61. The van der Waals surface area contributed by atoms with E-state index < -0.39 is 6.10 Å². The minimum atomic E-state index is -0.632. The smallest absolute Gasteiger partial charge is 0.307 e. The van der Waals surface area contributed by atoms with Gasteiger partial charge in [-0.2, -0.15) is 0 Å². The molecule has 0 radical (unpaired) electrons. The predicted octanol–water partition coefficient (Wildman–Crippen LogP) is 1.00. The highest BCUT2D eigenvalue weighted by Gasteiger charge is 2.17. The molecule has 1 N–H and O–H groups in total. The van der Waals surface area contributed by atoms with Gasteiger partial charge in [-0.15, -0.1) is 0 Å². The normalized spacial score (nSPS) is 11.8. The topological polar surface area (TPSA) is 66.8 Å². The van der Waals surface area contributed by atoms with Crippen molar-refractivity contribution in [3.63, 3.8) is 0 Å². The van der Waals surface area contributed by atoms with E-state index in [9.17, 15) is 14.7 Å². The molecule has 0 fully saturated rings. The predicted molar refractivity (Wildman–Crippen MR) is 75.0 cm³/mol. The van der Waals surface area contributed by atoms with Crippen LogP contribution in [-0.2, 0) is 20.7 Å². The third-order valence-corrected chi connectivity index (χ3v) is 2.85. The molecule has 110 valence electrons. The first kappa shape index (κ1) is 16.2. The van der Waals surface area contributed by atoms with Crippen LogP contribution in [0.2, 0.25) is 0 Å².